The summed E-state index contributed by atoms with van der Waals surface area (Å²) in [6, 6.07) is 3.71. The lowest BCUT2D eigenvalue weighted by Crippen LogP contribution is -2.32. The van der Waals surface area contributed by atoms with Gasteiger partial charge in [0.25, 0.3) is 0 Å². The Morgan fingerprint density at radius 3 is 2.55 bits per heavy atom. The van der Waals surface area contributed by atoms with Gasteiger partial charge in [-0.3, -0.25) is 0 Å². The number of nitrogens with two attached hydrogens (primary N) is 1. The lowest BCUT2D eigenvalue weighted by molar-refractivity contribution is 0.0523. The monoisotopic (exact) mass is 280 g/mol. The van der Waals surface area contributed by atoms with Crippen molar-refractivity contribution in [3.05, 3.63) is 23.3 Å². The summed E-state index contributed by atoms with van der Waals surface area (Å²) >= 11 is 0. The first-order chi connectivity index (χ1) is 9.24. The molecule has 0 aliphatic rings. The second-order valence-corrected chi connectivity index (χ2v) is 5.57. The molecule has 0 unspecified atom stereocenters. The summed E-state index contributed by atoms with van der Waals surface area (Å²) in [6.07, 6.45) is -0.457. The average Bonchev–Trinajstić information content (AvgIpc) is 2.31. The number of carbonyl (C=O) groups is 1. The molecule has 0 saturated carbocycles. The highest BCUT2D eigenvalue weighted by Crippen LogP contribution is 2.29. The predicted octanol–water partition coefficient (Wildman–Crippen LogP) is 3.00. The fourth-order valence-electron chi connectivity index (χ4n) is 1.75. The van der Waals surface area contributed by atoms with E-state index in [0.717, 1.165) is 11.1 Å². The molecule has 5 nitrogen and oxygen atoms in total. The van der Waals surface area contributed by atoms with Gasteiger partial charge in [-0.15, -0.1) is 0 Å². The first kappa shape index (κ1) is 16.1. The van der Waals surface area contributed by atoms with Crippen LogP contribution in [0.15, 0.2) is 12.1 Å². The van der Waals surface area contributed by atoms with E-state index in [9.17, 15) is 4.79 Å². The van der Waals surface area contributed by atoms with Crippen molar-refractivity contribution in [2.24, 2.45) is 0 Å². The summed E-state index contributed by atoms with van der Waals surface area (Å²) < 4.78 is 10.8. The lowest BCUT2D eigenvalue weighted by atomic mass is 10.1. The summed E-state index contributed by atoms with van der Waals surface area (Å²) in [6.45, 7) is 10.2. The Hall–Kier alpha value is -1.91. The molecule has 5 heteroatoms. The zero-order valence-electron chi connectivity index (χ0n) is 12.9. The maximum atomic E-state index is 11.7. The molecule has 3 N–H and O–H groups in total. The molecule has 112 valence electrons. The van der Waals surface area contributed by atoms with E-state index < -0.39 is 11.7 Å². The fourth-order valence-corrected chi connectivity index (χ4v) is 1.75. The molecule has 1 aromatic carbocycles. The standard InChI is InChI=1S/C15H24N2O3/c1-6-19-13-11(10(2)7-8-12(13)16)9-17-14(18)20-15(3,4)5/h7-8H,6,9,16H2,1-5H3,(H,17,18). The van der Waals surface area contributed by atoms with E-state index in [1.54, 1.807) is 6.07 Å². The molecule has 0 fully saturated rings. The minimum absolute atomic E-state index is 0.321. The van der Waals surface area contributed by atoms with Gasteiger partial charge in [-0.2, -0.15) is 0 Å². The number of anilines is 1. The molecule has 1 amide bonds. The zero-order valence-corrected chi connectivity index (χ0v) is 12.9. The van der Waals surface area contributed by atoms with Gasteiger partial charge < -0.3 is 20.5 Å². The molecule has 0 radical (unpaired) electrons. The molecule has 0 saturated heterocycles. The van der Waals surface area contributed by atoms with Crippen LogP contribution in [0.5, 0.6) is 5.75 Å². The van der Waals surface area contributed by atoms with E-state index in [1.807, 2.05) is 40.7 Å². The summed E-state index contributed by atoms with van der Waals surface area (Å²) in [5, 5.41) is 2.73. The third kappa shape index (κ3) is 4.64. The fraction of sp³-hybridized carbons (Fsp3) is 0.533. The van der Waals surface area contributed by atoms with Crippen molar-refractivity contribution < 1.29 is 14.3 Å². The van der Waals surface area contributed by atoms with Crippen molar-refractivity contribution in [2.45, 2.75) is 46.8 Å². The topological polar surface area (TPSA) is 73.6 Å². The predicted molar refractivity (Wildman–Crippen MR) is 79.8 cm³/mol. The third-order valence-electron chi connectivity index (χ3n) is 2.62. The van der Waals surface area contributed by atoms with Gasteiger partial charge in [0, 0.05) is 5.56 Å². The minimum Gasteiger partial charge on any atom is -0.491 e. The largest absolute Gasteiger partial charge is 0.491 e. The Morgan fingerprint density at radius 1 is 1.35 bits per heavy atom. The maximum absolute atomic E-state index is 11.7. The Bertz CT molecular complexity index is 479. The Balaban J connectivity index is 2.82. The number of aryl methyl sites for hydroxylation is 1. The molecule has 0 aliphatic carbocycles. The Morgan fingerprint density at radius 2 is 2.00 bits per heavy atom. The van der Waals surface area contributed by atoms with Crippen LogP contribution in [0.2, 0.25) is 0 Å². The van der Waals surface area contributed by atoms with Crippen molar-refractivity contribution >= 4 is 11.8 Å². The highest BCUT2D eigenvalue weighted by atomic mass is 16.6. The molecule has 0 bridgehead atoms. The van der Waals surface area contributed by atoms with Crippen molar-refractivity contribution in [3.8, 4) is 5.75 Å². The van der Waals surface area contributed by atoms with E-state index in [4.69, 9.17) is 15.2 Å². The summed E-state index contributed by atoms with van der Waals surface area (Å²) in [5.41, 5.74) is 7.85. The molecule has 0 aliphatic heterocycles. The van der Waals surface area contributed by atoms with Gasteiger partial charge in [0.15, 0.2) is 0 Å². The highest BCUT2D eigenvalue weighted by Gasteiger charge is 2.17. The highest BCUT2D eigenvalue weighted by molar-refractivity contribution is 5.68. The maximum Gasteiger partial charge on any atom is 0.407 e. The molecule has 1 aromatic rings. The molecule has 20 heavy (non-hydrogen) atoms. The van der Waals surface area contributed by atoms with E-state index in [1.165, 1.54) is 0 Å². The van der Waals surface area contributed by atoms with Crippen molar-refractivity contribution in [2.75, 3.05) is 12.3 Å². The number of amides is 1. The van der Waals surface area contributed by atoms with Gasteiger partial charge in [-0.1, -0.05) is 6.07 Å². The summed E-state index contributed by atoms with van der Waals surface area (Å²) in [7, 11) is 0. The summed E-state index contributed by atoms with van der Waals surface area (Å²) in [4.78, 5) is 11.7. The molecular formula is C15H24N2O3. The second kappa shape index (κ2) is 6.50. The van der Waals surface area contributed by atoms with E-state index in [2.05, 4.69) is 5.32 Å². The lowest BCUT2D eigenvalue weighted by Gasteiger charge is -2.21. The molecular weight excluding hydrogens is 256 g/mol. The number of hydrogen-bond donors (Lipinski definition) is 2. The van der Waals surface area contributed by atoms with Gasteiger partial charge in [0.2, 0.25) is 0 Å². The van der Waals surface area contributed by atoms with Gasteiger partial charge in [0.1, 0.15) is 11.4 Å². The van der Waals surface area contributed by atoms with Crippen molar-refractivity contribution in [3.63, 3.8) is 0 Å². The number of alkyl carbamates (subject to hydrolysis) is 1. The molecule has 0 spiro atoms. The van der Waals surface area contributed by atoms with Crippen LogP contribution in [0.25, 0.3) is 0 Å². The molecule has 0 heterocycles. The van der Waals surface area contributed by atoms with E-state index in [0.29, 0.717) is 24.6 Å². The van der Waals surface area contributed by atoms with Gasteiger partial charge in [0.05, 0.1) is 18.8 Å². The average molecular weight is 280 g/mol. The van der Waals surface area contributed by atoms with Crippen LogP contribution in [0.1, 0.15) is 38.8 Å². The third-order valence-corrected chi connectivity index (χ3v) is 2.62. The SMILES string of the molecule is CCOc1c(N)ccc(C)c1CNC(=O)OC(C)(C)C. The van der Waals surface area contributed by atoms with Crippen LogP contribution in [-0.4, -0.2) is 18.3 Å². The van der Waals surface area contributed by atoms with Crippen LogP contribution >= 0.6 is 0 Å². The van der Waals surface area contributed by atoms with Crippen molar-refractivity contribution in [1.29, 1.82) is 0 Å². The van der Waals surface area contributed by atoms with E-state index >= 15 is 0 Å². The normalized spacial score (nSPS) is 11.1. The van der Waals surface area contributed by atoms with Crippen LogP contribution in [0.3, 0.4) is 0 Å². The first-order valence-corrected chi connectivity index (χ1v) is 6.72. The summed E-state index contributed by atoms with van der Waals surface area (Å²) in [5.74, 6) is 0.628. The minimum atomic E-state index is -0.516. The Labute approximate surface area is 120 Å². The van der Waals surface area contributed by atoms with Gasteiger partial charge in [-0.25, -0.2) is 4.79 Å². The number of hydrogen-bond acceptors (Lipinski definition) is 4. The van der Waals surface area contributed by atoms with Crippen LogP contribution < -0.4 is 15.8 Å². The number of rotatable bonds is 4. The molecule has 0 atom stereocenters. The van der Waals surface area contributed by atoms with Gasteiger partial charge in [-0.05, 0) is 46.2 Å². The van der Waals surface area contributed by atoms with Crippen LogP contribution in [-0.2, 0) is 11.3 Å². The van der Waals surface area contributed by atoms with Crippen LogP contribution in [0, 0.1) is 6.92 Å². The van der Waals surface area contributed by atoms with E-state index in [-0.39, 0.29) is 0 Å². The quantitative estimate of drug-likeness (QED) is 0.831. The molecule has 0 aromatic heterocycles. The van der Waals surface area contributed by atoms with Gasteiger partial charge >= 0.3 is 6.09 Å². The number of benzene rings is 1. The van der Waals surface area contributed by atoms with Crippen LogP contribution in [0.4, 0.5) is 10.5 Å². The van der Waals surface area contributed by atoms with Crippen molar-refractivity contribution in [1.82, 2.24) is 5.32 Å². The molecule has 1 rings (SSSR count). The smallest absolute Gasteiger partial charge is 0.407 e. The zero-order chi connectivity index (χ0) is 15.3. The Kier molecular flexibility index (Phi) is 5.25. The number of nitrogens with one attached hydrogen (secondary N) is 1. The number of carbonyl (C=O) groups excluding carboxylic acids is 1. The number of nitrogen functional groups attached to an aromatic ring is 1. The first-order valence-electron chi connectivity index (χ1n) is 6.72. The second-order valence-electron chi connectivity index (χ2n) is 5.57. The number of ether oxygens (including phenoxy) is 2.